The van der Waals surface area contributed by atoms with Gasteiger partial charge in [0.25, 0.3) is 0 Å². The van der Waals surface area contributed by atoms with Crippen molar-refractivity contribution in [3.05, 3.63) is 0 Å². The van der Waals surface area contributed by atoms with Gasteiger partial charge in [-0.15, -0.1) is 0 Å². The van der Waals surface area contributed by atoms with E-state index in [0.717, 1.165) is 12.8 Å². The highest BCUT2D eigenvalue weighted by Gasteiger charge is 2.31. The Morgan fingerprint density at radius 3 is 2.00 bits per heavy atom. The molecule has 15 heavy (non-hydrogen) atoms. The van der Waals surface area contributed by atoms with Gasteiger partial charge in [0, 0.05) is 7.11 Å². The molecule has 0 saturated carbocycles. The molecule has 92 valence electrons. The van der Waals surface area contributed by atoms with Crippen molar-refractivity contribution in [1.82, 2.24) is 0 Å². The standard InChI is InChI=1S/C11H21Cl3O/c1-3-4-5-6-7-8-9-10(15-2)11(12,13)14/h10H,3-9H2,1-2H3. The zero-order valence-corrected chi connectivity index (χ0v) is 11.8. The van der Waals surface area contributed by atoms with Gasteiger partial charge in [0.15, 0.2) is 0 Å². The molecule has 0 N–H and O–H groups in total. The van der Waals surface area contributed by atoms with Crippen LogP contribution in [0.25, 0.3) is 0 Å². The van der Waals surface area contributed by atoms with Crippen LogP contribution in [0, 0.1) is 0 Å². The van der Waals surface area contributed by atoms with Crippen molar-refractivity contribution in [3.8, 4) is 0 Å². The van der Waals surface area contributed by atoms with Crippen molar-refractivity contribution < 1.29 is 4.74 Å². The van der Waals surface area contributed by atoms with Crippen LogP contribution in [0.5, 0.6) is 0 Å². The second kappa shape index (κ2) is 8.92. The highest BCUT2D eigenvalue weighted by Crippen LogP contribution is 2.34. The van der Waals surface area contributed by atoms with Crippen molar-refractivity contribution in [2.45, 2.75) is 61.8 Å². The van der Waals surface area contributed by atoms with Gasteiger partial charge in [0.2, 0.25) is 3.79 Å². The van der Waals surface area contributed by atoms with Crippen LogP contribution in [0.1, 0.15) is 51.9 Å². The lowest BCUT2D eigenvalue weighted by Crippen LogP contribution is -2.27. The van der Waals surface area contributed by atoms with Crippen LogP contribution in [0.2, 0.25) is 0 Å². The summed E-state index contributed by atoms with van der Waals surface area (Å²) in [4.78, 5) is 0. The van der Waals surface area contributed by atoms with E-state index >= 15 is 0 Å². The van der Waals surface area contributed by atoms with Gasteiger partial charge in [-0.05, 0) is 6.42 Å². The molecule has 0 spiro atoms. The summed E-state index contributed by atoms with van der Waals surface area (Å²) in [6, 6.07) is 0. The fourth-order valence-corrected chi connectivity index (χ4v) is 2.12. The minimum atomic E-state index is -1.29. The molecular weight excluding hydrogens is 254 g/mol. The average molecular weight is 276 g/mol. The van der Waals surface area contributed by atoms with Crippen molar-refractivity contribution in [1.29, 1.82) is 0 Å². The maximum atomic E-state index is 5.77. The maximum Gasteiger partial charge on any atom is 0.216 e. The smallest absolute Gasteiger partial charge is 0.216 e. The monoisotopic (exact) mass is 274 g/mol. The SMILES string of the molecule is CCCCCCCCC(OC)C(Cl)(Cl)Cl. The van der Waals surface area contributed by atoms with Crippen molar-refractivity contribution in [2.75, 3.05) is 7.11 Å². The number of unbranched alkanes of at least 4 members (excludes halogenated alkanes) is 5. The lowest BCUT2D eigenvalue weighted by molar-refractivity contribution is 0.0959. The van der Waals surface area contributed by atoms with E-state index in [2.05, 4.69) is 6.92 Å². The highest BCUT2D eigenvalue weighted by molar-refractivity contribution is 6.68. The molecule has 0 rings (SSSR count). The van der Waals surface area contributed by atoms with Gasteiger partial charge in [0.05, 0.1) is 0 Å². The molecule has 0 aliphatic carbocycles. The number of methoxy groups -OCH3 is 1. The van der Waals surface area contributed by atoms with Crippen molar-refractivity contribution in [3.63, 3.8) is 0 Å². The second-order valence-electron chi connectivity index (χ2n) is 3.82. The molecule has 1 atom stereocenters. The molecule has 0 saturated heterocycles. The molecule has 0 fully saturated rings. The zero-order chi connectivity index (χ0) is 11.7. The molecule has 1 unspecified atom stereocenters. The second-order valence-corrected chi connectivity index (χ2v) is 6.19. The Labute approximate surface area is 108 Å². The molecule has 0 aromatic carbocycles. The normalized spacial score (nSPS) is 14.2. The molecule has 0 aromatic rings. The van der Waals surface area contributed by atoms with Crippen LogP contribution in [-0.2, 0) is 4.74 Å². The fourth-order valence-electron chi connectivity index (χ4n) is 1.53. The van der Waals surface area contributed by atoms with Crippen LogP contribution in [0.3, 0.4) is 0 Å². The summed E-state index contributed by atoms with van der Waals surface area (Å²) in [7, 11) is 1.59. The van der Waals surface area contributed by atoms with E-state index in [1.54, 1.807) is 7.11 Å². The maximum absolute atomic E-state index is 5.77. The predicted octanol–water partition coefficient (Wildman–Crippen LogP) is 5.12. The average Bonchev–Trinajstić information content (AvgIpc) is 2.15. The Balaban J connectivity index is 3.48. The van der Waals surface area contributed by atoms with Gasteiger partial charge >= 0.3 is 0 Å². The Morgan fingerprint density at radius 2 is 1.53 bits per heavy atom. The Morgan fingerprint density at radius 1 is 1.00 bits per heavy atom. The lowest BCUT2D eigenvalue weighted by Gasteiger charge is -2.22. The summed E-state index contributed by atoms with van der Waals surface area (Å²) in [5.74, 6) is 0. The zero-order valence-electron chi connectivity index (χ0n) is 9.57. The van der Waals surface area contributed by atoms with Gasteiger partial charge in [-0.25, -0.2) is 0 Å². The van der Waals surface area contributed by atoms with Gasteiger partial charge in [0.1, 0.15) is 6.10 Å². The molecule has 0 amide bonds. The first kappa shape index (κ1) is 15.8. The molecule has 4 heteroatoms. The largest absolute Gasteiger partial charge is 0.377 e. The first-order chi connectivity index (χ1) is 7.02. The van der Waals surface area contributed by atoms with Crippen molar-refractivity contribution >= 4 is 34.8 Å². The van der Waals surface area contributed by atoms with E-state index in [1.165, 1.54) is 32.1 Å². The first-order valence-electron chi connectivity index (χ1n) is 5.61. The number of alkyl halides is 3. The van der Waals surface area contributed by atoms with E-state index in [4.69, 9.17) is 39.5 Å². The summed E-state index contributed by atoms with van der Waals surface area (Å²) < 4.78 is 3.85. The van der Waals surface area contributed by atoms with E-state index in [-0.39, 0.29) is 6.10 Å². The summed E-state index contributed by atoms with van der Waals surface area (Å²) in [6.07, 6.45) is 7.96. The van der Waals surface area contributed by atoms with E-state index in [9.17, 15) is 0 Å². The molecule has 0 heterocycles. The molecule has 0 aliphatic heterocycles. The Bertz CT molecular complexity index is 145. The summed E-state index contributed by atoms with van der Waals surface area (Å²) in [5.41, 5.74) is 0. The fraction of sp³-hybridized carbons (Fsp3) is 1.00. The molecule has 1 nitrogen and oxygen atoms in total. The summed E-state index contributed by atoms with van der Waals surface area (Å²) >= 11 is 17.3. The highest BCUT2D eigenvalue weighted by atomic mass is 35.6. The first-order valence-corrected chi connectivity index (χ1v) is 6.75. The third-order valence-electron chi connectivity index (χ3n) is 2.47. The molecular formula is C11H21Cl3O. The van der Waals surface area contributed by atoms with Gasteiger partial charge in [-0.3, -0.25) is 0 Å². The molecule has 0 aromatic heterocycles. The van der Waals surface area contributed by atoms with Crippen LogP contribution in [-0.4, -0.2) is 17.0 Å². The number of hydrogen-bond donors (Lipinski definition) is 0. The van der Waals surface area contributed by atoms with Crippen LogP contribution >= 0.6 is 34.8 Å². The van der Waals surface area contributed by atoms with Crippen LogP contribution in [0.4, 0.5) is 0 Å². The topological polar surface area (TPSA) is 9.23 Å². The number of ether oxygens (including phenoxy) is 1. The Kier molecular flexibility index (Phi) is 9.42. The van der Waals surface area contributed by atoms with Gasteiger partial charge in [-0.1, -0.05) is 80.3 Å². The third-order valence-corrected chi connectivity index (χ3v) is 3.20. The number of rotatable bonds is 8. The number of halogens is 3. The minimum Gasteiger partial charge on any atom is -0.377 e. The Hall–Kier alpha value is 0.830. The third kappa shape index (κ3) is 8.62. The van der Waals surface area contributed by atoms with Crippen LogP contribution < -0.4 is 0 Å². The summed E-state index contributed by atoms with van der Waals surface area (Å²) in [5, 5.41) is 0. The van der Waals surface area contributed by atoms with E-state index < -0.39 is 3.79 Å². The van der Waals surface area contributed by atoms with Gasteiger partial charge < -0.3 is 4.74 Å². The van der Waals surface area contributed by atoms with Crippen LogP contribution in [0.15, 0.2) is 0 Å². The van der Waals surface area contributed by atoms with Gasteiger partial charge in [-0.2, -0.15) is 0 Å². The predicted molar refractivity (Wildman–Crippen MR) is 69.1 cm³/mol. The lowest BCUT2D eigenvalue weighted by atomic mass is 10.1. The quantitative estimate of drug-likeness (QED) is 0.441. The van der Waals surface area contributed by atoms with Crippen molar-refractivity contribution in [2.24, 2.45) is 0 Å². The molecule has 0 radical (unpaired) electrons. The molecule has 0 bridgehead atoms. The summed E-state index contributed by atoms with van der Waals surface area (Å²) in [6.45, 7) is 2.21. The van der Waals surface area contributed by atoms with E-state index in [0.29, 0.717) is 0 Å². The minimum absolute atomic E-state index is 0.284. The van der Waals surface area contributed by atoms with E-state index in [1.807, 2.05) is 0 Å². The number of hydrogen-bond acceptors (Lipinski definition) is 1. The molecule has 0 aliphatic rings.